The summed E-state index contributed by atoms with van der Waals surface area (Å²) in [5.41, 5.74) is 6.76. The highest BCUT2D eigenvalue weighted by Crippen LogP contribution is 2.48. The minimum Gasteiger partial charge on any atom is -0.489 e. The standard InChI is InChI=1S/C138H236N2O6/c1-7-13-19-25-31-37-43-49-55-61-67-73-79-85-91-101-111-141-133-117-123(118-134(142-112-102-92-86-80-74-68-62-56-50-44-38-32-26-20-14-8-2)137(133)145-115-105-95-89-83-77-71-65-59-53-47-41-35-29-23-17-11-5)139-129-109-99-97-107-125(129)127-122-132-128(121-131(127)139)126-108-98-100-110-130(126)140(132)124-119-135(143-113-103-93-87-81-75-69-63-57-51-45-39-33-27-21-15-9-3)138(146-116-106-96-90-84-78-72-66-60-54-48-42-36-30-24-18-12-6)136(120-124)144-114-104-94-88-82-76-70-64-58-52-46-40-34-28-22-16-10-4/h97-100,107-110,117-122H,7-96,101-106,111-116H2,1-6H3. The fraction of sp³-hybridized carbons (Fsp3) is 0.783. The van der Waals surface area contributed by atoms with Crippen molar-refractivity contribution in [2.75, 3.05) is 39.6 Å². The number of hydrogen-bond acceptors (Lipinski definition) is 6. The summed E-state index contributed by atoms with van der Waals surface area (Å²) < 4.78 is 48.5. The number of unbranched alkanes of at least 4 members (excludes halogenated alkanes) is 90. The lowest BCUT2D eigenvalue weighted by atomic mass is 10.0. The Morgan fingerprint density at radius 3 is 0.432 bits per heavy atom. The Kier molecular flexibility index (Phi) is 80.3. The molecule has 2 aromatic heterocycles. The van der Waals surface area contributed by atoms with Gasteiger partial charge in [-0.1, -0.05) is 656 Å². The van der Waals surface area contributed by atoms with Crippen LogP contribution < -0.4 is 28.4 Å². The van der Waals surface area contributed by atoms with Crippen molar-refractivity contribution >= 4 is 43.6 Å². The number of para-hydroxylation sites is 2. The molecule has 0 spiro atoms. The van der Waals surface area contributed by atoms with Crippen molar-refractivity contribution in [2.45, 2.75) is 658 Å². The first-order chi connectivity index (χ1) is 72.6. The van der Waals surface area contributed by atoms with Crippen LogP contribution in [-0.4, -0.2) is 48.8 Å². The second-order valence-electron chi connectivity index (χ2n) is 46.0. The number of rotatable bonds is 110. The number of aromatic nitrogens is 2. The minimum absolute atomic E-state index is 0.647. The summed E-state index contributed by atoms with van der Waals surface area (Å²) in [6.45, 7) is 17.8. The lowest BCUT2D eigenvalue weighted by Gasteiger charge is -2.20. The fourth-order valence-corrected chi connectivity index (χ4v) is 23.1. The summed E-state index contributed by atoms with van der Waals surface area (Å²) in [6.07, 6.45) is 129. The molecule has 0 unspecified atom stereocenters. The van der Waals surface area contributed by atoms with Gasteiger partial charge >= 0.3 is 0 Å². The van der Waals surface area contributed by atoms with Gasteiger partial charge in [-0.25, -0.2) is 0 Å². The third-order valence-corrected chi connectivity index (χ3v) is 32.5. The van der Waals surface area contributed by atoms with Gasteiger partial charge < -0.3 is 37.6 Å². The van der Waals surface area contributed by atoms with E-state index in [1.807, 2.05) is 0 Å². The summed E-state index contributed by atoms with van der Waals surface area (Å²) in [4.78, 5) is 0. The second kappa shape index (κ2) is 92.1. The zero-order valence-electron chi connectivity index (χ0n) is 97.6. The highest BCUT2D eigenvalue weighted by Gasteiger charge is 2.26. The topological polar surface area (TPSA) is 65.2 Å². The summed E-state index contributed by atoms with van der Waals surface area (Å²) >= 11 is 0. The van der Waals surface area contributed by atoms with Gasteiger partial charge in [0.05, 0.1) is 73.1 Å². The van der Waals surface area contributed by atoms with Crippen molar-refractivity contribution in [3.05, 3.63) is 84.9 Å². The number of benzene rings is 5. The normalized spacial score (nSPS) is 11.8. The van der Waals surface area contributed by atoms with Crippen LogP contribution in [0.25, 0.3) is 55.0 Å². The molecule has 0 bridgehead atoms. The molecule has 0 aliphatic rings. The average molecular weight is 2020 g/mol. The molecule has 0 fully saturated rings. The molecule has 834 valence electrons. The van der Waals surface area contributed by atoms with Gasteiger partial charge in [0.25, 0.3) is 0 Å². The predicted octanol–water partition coefficient (Wildman–Crippen LogP) is 47.7. The molecule has 8 nitrogen and oxygen atoms in total. The number of hydrogen-bond donors (Lipinski definition) is 0. The van der Waals surface area contributed by atoms with Crippen LogP contribution in [0.4, 0.5) is 0 Å². The molecule has 7 aromatic rings. The van der Waals surface area contributed by atoms with E-state index >= 15 is 0 Å². The van der Waals surface area contributed by atoms with Crippen molar-refractivity contribution < 1.29 is 28.4 Å². The third-order valence-electron chi connectivity index (χ3n) is 32.5. The highest BCUT2D eigenvalue weighted by atomic mass is 16.5. The molecular weight excluding hydrogens is 1780 g/mol. The van der Waals surface area contributed by atoms with Crippen LogP contribution in [0.3, 0.4) is 0 Å². The first-order valence-electron chi connectivity index (χ1n) is 65.7. The molecule has 0 saturated heterocycles. The molecule has 146 heavy (non-hydrogen) atoms. The lowest BCUT2D eigenvalue weighted by Crippen LogP contribution is -2.08. The number of ether oxygens (including phenoxy) is 6. The van der Waals surface area contributed by atoms with Crippen molar-refractivity contribution in [1.29, 1.82) is 0 Å². The van der Waals surface area contributed by atoms with E-state index in [9.17, 15) is 0 Å². The van der Waals surface area contributed by atoms with E-state index in [1.165, 1.54) is 621 Å². The second-order valence-corrected chi connectivity index (χ2v) is 46.0. The zero-order chi connectivity index (χ0) is 103. The first-order valence-corrected chi connectivity index (χ1v) is 65.7. The smallest absolute Gasteiger partial charge is 0.203 e. The molecule has 0 atom stereocenters. The van der Waals surface area contributed by atoms with E-state index < -0.39 is 0 Å². The average Bonchev–Trinajstić information content (AvgIpc) is 1.55. The Hall–Kier alpha value is -5.50. The van der Waals surface area contributed by atoms with E-state index in [1.54, 1.807) is 0 Å². The maximum Gasteiger partial charge on any atom is 0.203 e. The maximum atomic E-state index is 7.26. The van der Waals surface area contributed by atoms with E-state index in [-0.39, 0.29) is 0 Å². The van der Waals surface area contributed by atoms with Gasteiger partial charge in [-0.2, -0.15) is 0 Å². The van der Waals surface area contributed by atoms with Crippen molar-refractivity contribution in [3.63, 3.8) is 0 Å². The molecular formula is C138H236N2O6. The largest absolute Gasteiger partial charge is 0.489 e. The van der Waals surface area contributed by atoms with E-state index in [2.05, 4.69) is 136 Å². The monoisotopic (exact) mass is 2020 g/mol. The van der Waals surface area contributed by atoms with Crippen LogP contribution in [0.2, 0.25) is 0 Å². The molecule has 5 aromatic carbocycles. The molecule has 0 aliphatic carbocycles. The van der Waals surface area contributed by atoms with Crippen LogP contribution in [0, 0.1) is 0 Å². The van der Waals surface area contributed by atoms with Crippen molar-refractivity contribution in [3.8, 4) is 45.9 Å². The highest BCUT2D eigenvalue weighted by molar-refractivity contribution is 6.19. The molecule has 2 heterocycles. The summed E-state index contributed by atoms with van der Waals surface area (Å²) in [7, 11) is 0. The SMILES string of the molecule is CCCCCCCCCCCCCCCCCCOc1cc(-n2c3ccccc3c3cc4c(cc32)c2ccccc2n4-c2cc(OCCCCCCCCCCCCCCCCCC)c(OCCCCCCCCCCCCCCCCCC)c(OCCCCCCCCCCCCCCCCCC)c2)cc(OCCCCCCCCCCCCCCCCCC)c1OCCCCCCCCCCCCCCCCCC. The predicted molar refractivity (Wildman–Crippen MR) is 645 cm³/mol. The Bertz CT molecular complexity index is 3710. The minimum atomic E-state index is 0.647. The van der Waals surface area contributed by atoms with Crippen LogP contribution in [0.1, 0.15) is 658 Å². The molecule has 8 heteroatoms. The summed E-state index contributed by atoms with van der Waals surface area (Å²) in [6, 6.07) is 32.7. The lowest BCUT2D eigenvalue weighted by molar-refractivity contribution is 0.234. The van der Waals surface area contributed by atoms with Crippen molar-refractivity contribution in [2.24, 2.45) is 0 Å². The number of fused-ring (bicyclic) bond motifs is 6. The van der Waals surface area contributed by atoms with Crippen LogP contribution in [0.15, 0.2) is 84.9 Å². The maximum absolute atomic E-state index is 7.26. The summed E-state index contributed by atoms with van der Waals surface area (Å²) in [5.74, 6) is 4.80. The van der Waals surface area contributed by atoms with Gasteiger partial charge in [-0.3, -0.25) is 0 Å². The van der Waals surface area contributed by atoms with E-state index in [0.717, 1.165) is 84.4 Å². The quantitative estimate of drug-likeness (QED) is 0.0354. The Balaban J connectivity index is 1.19. The van der Waals surface area contributed by atoms with Gasteiger partial charge in [0.2, 0.25) is 11.5 Å². The van der Waals surface area contributed by atoms with Crippen molar-refractivity contribution in [1.82, 2.24) is 9.13 Å². The summed E-state index contributed by atoms with van der Waals surface area (Å²) in [5, 5.41) is 4.87. The van der Waals surface area contributed by atoms with Gasteiger partial charge in [0.1, 0.15) is 0 Å². The van der Waals surface area contributed by atoms with E-state index in [0.29, 0.717) is 39.6 Å². The van der Waals surface area contributed by atoms with Gasteiger partial charge in [-0.15, -0.1) is 0 Å². The molecule has 0 N–H and O–H groups in total. The van der Waals surface area contributed by atoms with Gasteiger partial charge in [0, 0.05) is 45.8 Å². The molecule has 0 amide bonds. The molecule has 0 radical (unpaired) electrons. The van der Waals surface area contributed by atoms with Crippen LogP contribution >= 0.6 is 0 Å². The zero-order valence-corrected chi connectivity index (χ0v) is 97.6. The van der Waals surface area contributed by atoms with Gasteiger partial charge in [0.15, 0.2) is 23.0 Å². The Labute approximate surface area is 903 Å². The number of nitrogens with zero attached hydrogens (tertiary/aromatic N) is 2. The molecule has 0 aliphatic heterocycles. The molecule has 0 saturated carbocycles. The Morgan fingerprint density at radius 2 is 0.274 bits per heavy atom. The van der Waals surface area contributed by atoms with Gasteiger partial charge in [-0.05, 0) is 62.8 Å². The third kappa shape index (κ3) is 59.1. The molecule has 7 rings (SSSR count). The van der Waals surface area contributed by atoms with Crippen LogP contribution in [0.5, 0.6) is 34.5 Å². The fourth-order valence-electron chi connectivity index (χ4n) is 23.1. The van der Waals surface area contributed by atoms with Crippen LogP contribution in [-0.2, 0) is 0 Å². The first kappa shape index (κ1) is 127. The Morgan fingerprint density at radius 1 is 0.137 bits per heavy atom. The van der Waals surface area contributed by atoms with E-state index in [4.69, 9.17) is 28.4 Å².